The maximum absolute atomic E-state index is 13.9. The molecule has 1 fully saturated rings. The van der Waals surface area contributed by atoms with Crippen molar-refractivity contribution in [3.05, 3.63) is 64.4 Å². The summed E-state index contributed by atoms with van der Waals surface area (Å²) in [7, 11) is 1.37. The smallest absolute Gasteiger partial charge is 0.255 e. The predicted molar refractivity (Wildman–Crippen MR) is 97.4 cm³/mol. The van der Waals surface area contributed by atoms with Gasteiger partial charge in [-0.3, -0.25) is 9.59 Å². The van der Waals surface area contributed by atoms with Crippen molar-refractivity contribution < 1.29 is 18.7 Å². The summed E-state index contributed by atoms with van der Waals surface area (Å²) in [6, 6.07) is 11.1. The van der Waals surface area contributed by atoms with Gasteiger partial charge in [0.2, 0.25) is 0 Å². The van der Waals surface area contributed by atoms with Crippen molar-refractivity contribution in [2.75, 3.05) is 20.2 Å². The van der Waals surface area contributed by atoms with Crippen molar-refractivity contribution in [3.63, 3.8) is 0 Å². The van der Waals surface area contributed by atoms with Crippen LogP contribution in [0.1, 0.15) is 33.6 Å². The summed E-state index contributed by atoms with van der Waals surface area (Å²) in [5.41, 5.74) is 0.720. The molecule has 0 spiro atoms. The van der Waals surface area contributed by atoms with Gasteiger partial charge in [0.15, 0.2) is 17.3 Å². The number of piperidine rings is 1. The van der Waals surface area contributed by atoms with Crippen molar-refractivity contribution in [2.24, 2.45) is 5.92 Å². The van der Waals surface area contributed by atoms with Crippen molar-refractivity contribution in [1.29, 1.82) is 0 Å². The molecule has 0 saturated carbocycles. The number of methoxy groups -OCH3 is 1. The molecule has 4 nitrogen and oxygen atoms in total. The molecule has 26 heavy (non-hydrogen) atoms. The van der Waals surface area contributed by atoms with Gasteiger partial charge in [-0.25, -0.2) is 4.39 Å². The maximum atomic E-state index is 13.9. The summed E-state index contributed by atoms with van der Waals surface area (Å²) in [6.07, 6.45) is 1.38. The highest BCUT2D eigenvalue weighted by Crippen LogP contribution is 2.26. The predicted octanol–water partition coefficient (Wildman–Crippen LogP) is 4.22. The number of rotatable bonds is 4. The summed E-state index contributed by atoms with van der Waals surface area (Å²) in [6.45, 7) is 0.876. The Morgan fingerprint density at radius 3 is 2.69 bits per heavy atom. The third kappa shape index (κ3) is 3.73. The molecule has 1 atom stereocenters. The number of halogens is 2. The van der Waals surface area contributed by atoms with Gasteiger partial charge < -0.3 is 9.64 Å². The number of nitrogens with zero attached hydrogens (tertiary/aromatic N) is 1. The minimum absolute atomic E-state index is 0.0979. The first-order valence-electron chi connectivity index (χ1n) is 8.43. The van der Waals surface area contributed by atoms with E-state index in [9.17, 15) is 14.0 Å². The second-order valence-corrected chi connectivity index (χ2v) is 6.69. The van der Waals surface area contributed by atoms with Crippen LogP contribution in [-0.4, -0.2) is 36.8 Å². The Hall–Kier alpha value is -2.40. The molecule has 3 rings (SSSR count). The molecule has 1 heterocycles. The van der Waals surface area contributed by atoms with Gasteiger partial charge in [0, 0.05) is 24.6 Å². The average molecular weight is 376 g/mol. The standard InChI is InChI=1S/C20H19ClFNO3/c1-26-18-9-8-13(11-17(18)22)19(24)14-5-4-10-23(12-14)20(25)15-6-2-3-7-16(15)21/h2-3,6-9,11,14H,4-5,10,12H2,1H3/t14-/m1/s1. The van der Waals surface area contributed by atoms with Crippen LogP contribution in [-0.2, 0) is 0 Å². The van der Waals surface area contributed by atoms with Crippen molar-refractivity contribution >= 4 is 23.3 Å². The zero-order chi connectivity index (χ0) is 18.7. The summed E-state index contributed by atoms with van der Waals surface area (Å²) in [5.74, 6) is -1.18. The van der Waals surface area contributed by atoms with E-state index in [1.54, 1.807) is 35.2 Å². The molecule has 0 N–H and O–H groups in total. The summed E-state index contributed by atoms with van der Waals surface area (Å²) < 4.78 is 18.8. The highest BCUT2D eigenvalue weighted by atomic mass is 35.5. The molecule has 0 aromatic heterocycles. The fourth-order valence-corrected chi connectivity index (χ4v) is 3.45. The Labute approximate surface area is 156 Å². The number of amides is 1. The van der Waals surface area contributed by atoms with Gasteiger partial charge in [-0.05, 0) is 43.2 Å². The molecular formula is C20H19ClFNO3. The van der Waals surface area contributed by atoms with E-state index in [1.807, 2.05) is 0 Å². The van der Waals surface area contributed by atoms with Gasteiger partial charge in [0.1, 0.15) is 0 Å². The number of likely N-dealkylation sites (tertiary alicyclic amines) is 1. The number of hydrogen-bond acceptors (Lipinski definition) is 3. The molecule has 2 aromatic rings. The first kappa shape index (κ1) is 18.4. The summed E-state index contributed by atoms with van der Waals surface area (Å²) in [5, 5.41) is 0.392. The lowest BCUT2D eigenvalue weighted by Crippen LogP contribution is -2.42. The molecule has 1 aliphatic heterocycles. The van der Waals surface area contributed by atoms with Crippen LogP contribution in [0.5, 0.6) is 5.75 Å². The van der Waals surface area contributed by atoms with Gasteiger partial charge in [0.05, 0.1) is 17.7 Å². The van der Waals surface area contributed by atoms with Crippen LogP contribution in [0, 0.1) is 11.7 Å². The van der Waals surface area contributed by atoms with E-state index < -0.39 is 5.82 Å². The second-order valence-electron chi connectivity index (χ2n) is 6.28. The highest BCUT2D eigenvalue weighted by Gasteiger charge is 2.30. The molecular weight excluding hydrogens is 357 g/mol. The number of Topliss-reactive ketones (excluding diaryl/α,β-unsaturated/α-hetero) is 1. The quantitative estimate of drug-likeness (QED) is 0.751. The monoisotopic (exact) mass is 375 g/mol. The Morgan fingerprint density at radius 2 is 2.00 bits per heavy atom. The lowest BCUT2D eigenvalue weighted by atomic mass is 9.89. The zero-order valence-electron chi connectivity index (χ0n) is 14.4. The topological polar surface area (TPSA) is 46.6 Å². The third-order valence-electron chi connectivity index (χ3n) is 4.62. The van der Waals surface area contributed by atoms with E-state index in [4.69, 9.17) is 16.3 Å². The lowest BCUT2D eigenvalue weighted by Gasteiger charge is -2.32. The zero-order valence-corrected chi connectivity index (χ0v) is 15.1. The number of ether oxygens (including phenoxy) is 1. The van der Waals surface area contributed by atoms with Crippen LogP contribution >= 0.6 is 11.6 Å². The van der Waals surface area contributed by atoms with Gasteiger partial charge >= 0.3 is 0 Å². The molecule has 1 amide bonds. The SMILES string of the molecule is COc1ccc(C(=O)[C@@H]2CCCN(C(=O)c3ccccc3Cl)C2)cc1F. The minimum Gasteiger partial charge on any atom is -0.494 e. The fraction of sp³-hybridized carbons (Fsp3) is 0.300. The van der Waals surface area contributed by atoms with Gasteiger partial charge in [0.25, 0.3) is 5.91 Å². The first-order chi connectivity index (χ1) is 12.5. The second kappa shape index (κ2) is 7.87. The van der Waals surface area contributed by atoms with E-state index >= 15 is 0 Å². The maximum Gasteiger partial charge on any atom is 0.255 e. The molecule has 0 unspecified atom stereocenters. The Balaban J connectivity index is 1.76. The molecule has 6 heteroatoms. The molecule has 0 bridgehead atoms. The number of carbonyl (C=O) groups is 2. The number of benzene rings is 2. The van der Waals surface area contributed by atoms with Crippen LogP contribution in [0.3, 0.4) is 0 Å². The fourth-order valence-electron chi connectivity index (χ4n) is 3.24. The van der Waals surface area contributed by atoms with E-state index in [2.05, 4.69) is 0 Å². The van der Waals surface area contributed by atoms with Crippen LogP contribution in [0.25, 0.3) is 0 Å². The van der Waals surface area contributed by atoms with Gasteiger partial charge in [-0.1, -0.05) is 23.7 Å². The normalized spacial score (nSPS) is 17.0. The van der Waals surface area contributed by atoms with Crippen molar-refractivity contribution in [1.82, 2.24) is 4.90 Å². The van der Waals surface area contributed by atoms with Gasteiger partial charge in [-0.2, -0.15) is 0 Å². The highest BCUT2D eigenvalue weighted by molar-refractivity contribution is 6.33. The van der Waals surface area contributed by atoms with Crippen LogP contribution in [0.15, 0.2) is 42.5 Å². The van der Waals surface area contributed by atoms with E-state index in [1.165, 1.54) is 19.2 Å². The van der Waals surface area contributed by atoms with Crippen molar-refractivity contribution in [2.45, 2.75) is 12.8 Å². The molecule has 1 aliphatic rings. The van der Waals surface area contributed by atoms with E-state index in [-0.39, 0.29) is 23.4 Å². The van der Waals surface area contributed by atoms with E-state index in [0.717, 1.165) is 0 Å². The van der Waals surface area contributed by atoms with Crippen molar-refractivity contribution in [3.8, 4) is 5.75 Å². The first-order valence-corrected chi connectivity index (χ1v) is 8.80. The third-order valence-corrected chi connectivity index (χ3v) is 4.95. The minimum atomic E-state index is -0.571. The Morgan fingerprint density at radius 1 is 1.23 bits per heavy atom. The van der Waals surface area contributed by atoms with Crippen LogP contribution in [0.2, 0.25) is 5.02 Å². The van der Waals surface area contributed by atoms with Crippen LogP contribution in [0.4, 0.5) is 4.39 Å². The van der Waals surface area contributed by atoms with E-state index in [0.29, 0.717) is 42.1 Å². The lowest BCUT2D eigenvalue weighted by molar-refractivity contribution is 0.0637. The number of carbonyl (C=O) groups excluding carboxylic acids is 2. The summed E-state index contributed by atoms with van der Waals surface area (Å²) in [4.78, 5) is 27.1. The molecule has 0 aliphatic carbocycles. The molecule has 0 radical (unpaired) electrons. The summed E-state index contributed by atoms with van der Waals surface area (Å²) >= 11 is 6.11. The van der Waals surface area contributed by atoms with Crippen LogP contribution < -0.4 is 4.74 Å². The average Bonchev–Trinajstić information content (AvgIpc) is 2.67. The molecule has 1 saturated heterocycles. The number of ketones is 1. The molecule has 136 valence electrons. The Bertz CT molecular complexity index is 840. The van der Waals surface area contributed by atoms with Gasteiger partial charge in [-0.15, -0.1) is 0 Å². The largest absolute Gasteiger partial charge is 0.494 e. The Kier molecular flexibility index (Phi) is 5.57. The molecule has 2 aromatic carbocycles. The number of hydrogen-bond donors (Lipinski definition) is 0.